The van der Waals surface area contributed by atoms with Crippen molar-refractivity contribution in [2.24, 2.45) is 5.73 Å². The van der Waals surface area contributed by atoms with E-state index in [-0.39, 0.29) is 16.8 Å². The van der Waals surface area contributed by atoms with Crippen LogP contribution in [0.15, 0.2) is 29.2 Å². The molecule has 6 nitrogen and oxygen atoms in total. The Kier molecular flexibility index (Phi) is 6.82. The van der Waals surface area contributed by atoms with Crippen LogP contribution in [0.5, 0.6) is 0 Å². The van der Waals surface area contributed by atoms with Gasteiger partial charge in [-0.15, -0.1) is 0 Å². The molecule has 1 aromatic rings. The van der Waals surface area contributed by atoms with E-state index in [4.69, 9.17) is 5.73 Å². The summed E-state index contributed by atoms with van der Waals surface area (Å²) < 4.78 is 27.3. The lowest BCUT2D eigenvalue weighted by molar-refractivity contribution is 0.0895. The molecule has 0 aliphatic carbocycles. The average Bonchev–Trinajstić information content (AvgIpc) is 2.66. The molecule has 3 N–H and O–H groups in total. The number of piperidine rings is 1. The molecule has 2 rings (SSSR count). The molecule has 0 spiro atoms. The molecule has 1 unspecified atom stereocenters. The summed E-state index contributed by atoms with van der Waals surface area (Å²) in [6, 6.07) is 6.20. The zero-order chi connectivity index (χ0) is 19.4. The quantitative estimate of drug-likeness (QED) is 0.759. The summed E-state index contributed by atoms with van der Waals surface area (Å²) in [6.07, 6.45) is 4.31. The maximum atomic E-state index is 12.9. The first-order valence-electron chi connectivity index (χ1n) is 9.44. The van der Waals surface area contributed by atoms with Gasteiger partial charge in [-0.25, -0.2) is 8.42 Å². The average molecular weight is 382 g/mol. The van der Waals surface area contributed by atoms with Gasteiger partial charge in [0.25, 0.3) is 5.91 Å². The highest BCUT2D eigenvalue weighted by atomic mass is 32.2. The van der Waals surface area contributed by atoms with Gasteiger partial charge in [0.1, 0.15) is 0 Å². The number of rotatable bonds is 7. The summed E-state index contributed by atoms with van der Waals surface area (Å²) in [4.78, 5) is 12.8. The molecule has 1 amide bonds. The second kappa shape index (κ2) is 8.50. The Balaban J connectivity index is 2.18. The Bertz CT molecular complexity index is 704. The van der Waals surface area contributed by atoms with Gasteiger partial charge in [0, 0.05) is 24.7 Å². The number of carbonyl (C=O) groups excluding carboxylic acids is 1. The van der Waals surface area contributed by atoms with Crippen molar-refractivity contribution >= 4 is 15.9 Å². The van der Waals surface area contributed by atoms with Gasteiger partial charge in [-0.1, -0.05) is 20.3 Å². The van der Waals surface area contributed by atoms with Crippen LogP contribution in [0, 0.1) is 0 Å². The summed E-state index contributed by atoms with van der Waals surface area (Å²) in [5.74, 6) is -0.227. The van der Waals surface area contributed by atoms with Gasteiger partial charge in [0.15, 0.2) is 0 Å². The fraction of sp³-hybridized carbons (Fsp3) is 0.632. The molecule has 1 heterocycles. The minimum absolute atomic E-state index is 0.0102. The molecular formula is C19H31N3O3S. The lowest BCUT2D eigenvalue weighted by Gasteiger charge is -2.32. The molecule has 1 fully saturated rings. The lowest BCUT2D eigenvalue weighted by atomic mass is 9.92. The third-order valence-corrected chi connectivity index (χ3v) is 7.62. The summed E-state index contributed by atoms with van der Waals surface area (Å²) >= 11 is 0. The van der Waals surface area contributed by atoms with Gasteiger partial charge in [0.2, 0.25) is 10.0 Å². The number of carbonyl (C=O) groups is 1. The van der Waals surface area contributed by atoms with Crippen molar-refractivity contribution in [3.05, 3.63) is 29.8 Å². The second-order valence-corrected chi connectivity index (χ2v) is 9.02. The third-order valence-electron chi connectivity index (χ3n) is 5.59. The fourth-order valence-corrected chi connectivity index (χ4v) is 5.12. The number of nitrogens with two attached hydrogens (primary N) is 1. The molecule has 0 bridgehead atoms. The molecule has 0 saturated carbocycles. The highest BCUT2D eigenvalue weighted by Crippen LogP contribution is 2.25. The molecule has 7 heteroatoms. The smallest absolute Gasteiger partial charge is 0.251 e. The van der Waals surface area contributed by atoms with Gasteiger partial charge in [-0.05, 0) is 56.9 Å². The van der Waals surface area contributed by atoms with E-state index in [0.29, 0.717) is 18.7 Å². The van der Waals surface area contributed by atoms with Gasteiger partial charge < -0.3 is 11.1 Å². The molecule has 26 heavy (non-hydrogen) atoms. The number of hydrogen-bond acceptors (Lipinski definition) is 4. The largest absolute Gasteiger partial charge is 0.345 e. The van der Waals surface area contributed by atoms with Crippen LogP contribution in [0.3, 0.4) is 0 Å². The standard InChI is InChI=1S/C19H31N3O3S/c1-4-19(5-2,14-20)21-18(23)16-9-11-17(12-10-16)26(24,25)22-13-7-6-8-15(22)3/h9-12,15H,4-8,13-14,20H2,1-3H3,(H,21,23). The molecule has 1 atom stereocenters. The lowest BCUT2D eigenvalue weighted by Crippen LogP contribution is -2.52. The number of hydrogen-bond donors (Lipinski definition) is 2. The normalized spacial score (nSPS) is 19.3. The van der Waals surface area contributed by atoms with E-state index in [1.54, 1.807) is 16.4 Å². The minimum atomic E-state index is -3.52. The maximum Gasteiger partial charge on any atom is 0.251 e. The maximum absolute atomic E-state index is 12.9. The van der Waals surface area contributed by atoms with Crippen LogP contribution in [0.1, 0.15) is 63.2 Å². The van der Waals surface area contributed by atoms with Crippen LogP contribution in [0.4, 0.5) is 0 Å². The number of nitrogens with one attached hydrogen (secondary N) is 1. The van der Waals surface area contributed by atoms with E-state index in [2.05, 4.69) is 5.32 Å². The monoisotopic (exact) mass is 381 g/mol. The van der Waals surface area contributed by atoms with Crippen molar-refractivity contribution < 1.29 is 13.2 Å². The minimum Gasteiger partial charge on any atom is -0.345 e. The van der Waals surface area contributed by atoms with Crippen molar-refractivity contribution in [3.63, 3.8) is 0 Å². The topological polar surface area (TPSA) is 92.5 Å². The van der Waals surface area contributed by atoms with Crippen LogP contribution in [0.25, 0.3) is 0 Å². The summed E-state index contributed by atoms with van der Waals surface area (Å²) in [5.41, 5.74) is 5.85. The van der Waals surface area contributed by atoms with Crippen LogP contribution in [0.2, 0.25) is 0 Å². The Hall–Kier alpha value is -1.44. The van der Waals surface area contributed by atoms with Gasteiger partial charge >= 0.3 is 0 Å². The zero-order valence-corrected chi connectivity index (χ0v) is 16.8. The van der Waals surface area contributed by atoms with Crippen molar-refractivity contribution in [2.45, 2.75) is 69.4 Å². The molecule has 1 aliphatic heterocycles. The molecular weight excluding hydrogens is 350 g/mol. The van der Waals surface area contributed by atoms with E-state index in [9.17, 15) is 13.2 Å². The molecule has 1 saturated heterocycles. The first kappa shape index (κ1) is 20.9. The highest BCUT2D eigenvalue weighted by molar-refractivity contribution is 7.89. The van der Waals surface area contributed by atoms with E-state index in [0.717, 1.165) is 32.1 Å². The third kappa shape index (κ3) is 4.27. The van der Waals surface area contributed by atoms with Crippen molar-refractivity contribution in [1.82, 2.24) is 9.62 Å². The second-order valence-electron chi connectivity index (χ2n) is 7.13. The molecule has 146 valence electrons. The van der Waals surface area contributed by atoms with Crippen LogP contribution >= 0.6 is 0 Å². The van der Waals surface area contributed by atoms with Crippen molar-refractivity contribution in [3.8, 4) is 0 Å². The SMILES string of the molecule is CCC(CC)(CN)NC(=O)c1ccc(S(=O)(=O)N2CCCCC2C)cc1. The Morgan fingerprint density at radius 2 is 1.85 bits per heavy atom. The Morgan fingerprint density at radius 3 is 2.35 bits per heavy atom. The summed E-state index contributed by atoms with van der Waals surface area (Å²) in [5, 5.41) is 3.00. The van der Waals surface area contributed by atoms with Gasteiger partial charge in [0.05, 0.1) is 10.4 Å². The predicted molar refractivity (Wildman–Crippen MR) is 103 cm³/mol. The van der Waals surface area contributed by atoms with Crippen LogP contribution in [-0.2, 0) is 10.0 Å². The van der Waals surface area contributed by atoms with Crippen LogP contribution in [-0.4, -0.2) is 43.3 Å². The molecule has 0 radical (unpaired) electrons. The molecule has 0 aromatic heterocycles. The van der Waals surface area contributed by atoms with Crippen molar-refractivity contribution in [1.29, 1.82) is 0 Å². The van der Waals surface area contributed by atoms with Gasteiger partial charge in [-0.2, -0.15) is 4.31 Å². The van der Waals surface area contributed by atoms with Crippen molar-refractivity contribution in [2.75, 3.05) is 13.1 Å². The van der Waals surface area contributed by atoms with E-state index in [1.807, 2.05) is 20.8 Å². The zero-order valence-electron chi connectivity index (χ0n) is 16.0. The number of benzene rings is 1. The first-order valence-corrected chi connectivity index (χ1v) is 10.9. The molecule has 1 aliphatic rings. The van der Waals surface area contributed by atoms with E-state index < -0.39 is 15.6 Å². The fourth-order valence-electron chi connectivity index (χ4n) is 3.42. The number of sulfonamides is 1. The summed E-state index contributed by atoms with van der Waals surface area (Å²) in [6.45, 7) is 6.85. The van der Waals surface area contributed by atoms with E-state index >= 15 is 0 Å². The Morgan fingerprint density at radius 1 is 1.23 bits per heavy atom. The van der Waals surface area contributed by atoms with Gasteiger partial charge in [-0.3, -0.25) is 4.79 Å². The van der Waals surface area contributed by atoms with E-state index in [1.165, 1.54) is 12.1 Å². The summed E-state index contributed by atoms with van der Waals surface area (Å²) in [7, 11) is -3.52. The highest BCUT2D eigenvalue weighted by Gasteiger charge is 2.31. The predicted octanol–water partition coefficient (Wildman–Crippen LogP) is 2.50. The number of nitrogens with zero attached hydrogens (tertiary/aromatic N) is 1. The Labute approximate surface area is 157 Å². The van der Waals surface area contributed by atoms with Crippen LogP contribution < -0.4 is 11.1 Å². The molecule has 1 aromatic carbocycles. The first-order chi connectivity index (χ1) is 12.3. The number of amides is 1.